The quantitative estimate of drug-likeness (QED) is 0.795. The zero-order chi connectivity index (χ0) is 12.9. The van der Waals surface area contributed by atoms with Crippen LogP contribution in [0.2, 0.25) is 0 Å². The number of likely N-dealkylation sites (tertiary alicyclic amines) is 1. The summed E-state index contributed by atoms with van der Waals surface area (Å²) < 4.78 is 5.84. The maximum Gasteiger partial charge on any atom is 0.251 e. The summed E-state index contributed by atoms with van der Waals surface area (Å²) in [7, 11) is 0. The maximum atomic E-state index is 12.2. The average Bonchev–Trinajstić information content (AvgIpc) is 2.38. The Morgan fingerprint density at radius 3 is 2.47 bits per heavy atom. The Kier molecular flexibility index (Phi) is 5.40. The number of rotatable bonds is 5. The summed E-state index contributed by atoms with van der Waals surface area (Å²) in [6.07, 6.45) is 3.89. The highest BCUT2D eigenvalue weighted by atomic mass is 16.5. The fourth-order valence-corrected chi connectivity index (χ4v) is 2.12. The van der Waals surface area contributed by atoms with E-state index in [4.69, 9.17) is 10.5 Å². The number of nitrogens with two attached hydrogens (primary N) is 1. The lowest BCUT2D eigenvalue weighted by Gasteiger charge is -2.34. The molecule has 0 aromatic carbocycles. The van der Waals surface area contributed by atoms with E-state index in [2.05, 4.69) is 0 Å². The average molecular weight is 242 g/mol. The summed E-state index contributed by atoms with van der Waals surface area (Å²) in [6.45, 7) is 8.02. The van der Waals surface area contributed by atoms with E-state index in [1.165, 1.54) is 6.42 Å². The summed E-state index contributed by atoms with van der Waals surface area (Å²) >= 11 is 0. The van der Waals surface area contributed by atoms with E-state index < -0.39 is 0 Å². The van der Waals surface area contributed by atoms with Crippen LogP contribution >= 0.6 is 0 Å². The Balaban J connectivity index is 2.50. The molecule has 4 nitrogen and oxygen atoms in total. The molecule has 0 bridgehead atoms. The first-order valence-electron chi connectivity index (χ1n) is 6.69. The second-order valence-electron chi connectivity index (χ2n) is 5.15. The van der Waals surface area contributed by atoms with Crippen LogP contribution in [0, 0.1) is 0 Å². The second-order valence-corrected chi connectivity index (χ2v) is 5.15. The highest BCUT2D eigenvalue weighted by Crippen LogP contribution is 2.18. The van der Waals surface area contributed by atoms with E-state index in [-0.39, 0.29) is 17.6 Å². The molecular weight excluding hydrogens is 216 g/mol. The van der Waals surface area contributed by atoms with Crippen LogP contribution in [0.25, 0.3) is 0 Å². The molecule has 0 radical (unpaired) electrons. The van der Waals surface area contributed by atoms with Crippen molar-refractivity contribution >= 4 is 5.91 Å². The predicted molar refractivity (Wildman–Crippen MR) is 68.7 cm³/mol. The number of hydrogen-bond donors (Lipinski definition) is 1. The molecule has 2 atom stereocenters. The van der Waals surface area contributed by atoms with Crippen LogP contribution in [0.1, 0.15) is 46.5 Å². The second kappa shape index (κ2) is 6.36. The normalized spacial score (nSPS) is 22.0. The molecule has 0 aromatic rings. The van der Waals surface area contributed by atoms with Gasteiger partial charge in [0.2, 0.25) is 0 Å². The van der Waals surface area contributed by atoms with Crippen LogP contribution in [0.4, 0.5) is 0 Å². The van der Waals surface area contributed by atoms with Gasteiger partial charge in [0, 0.05) is 19.6 Å². The molecule has 1 fully saturated rings. The van der Waals surface area contributed by atoms with Crippen molar-refractivity contribution in [1.29, 1.82) is 0 Å². The fraction of sp³-hybridized carbons (Fsp3) is 0.923. The largest absolute Gasteiger partial charge is 0.361 e. The van der Waals surface area contributed by atoms with Crippen LogP contribution < -0.4 is 5.73 Å². The van der Waals surface area contributed by atoms with Crippen molar-refractivity contribution < 1.29 is 9.53 Å². The molecule has 0 spiro atoms. The number of nitrogens with zero attached hydrogens (tertiary/aromatic N) is 1. The van der Waals surface area contributed by atoms with Crippen molar-refractivity contribution in [2.24, 2.45) is 5.73 Å². The number of amides is 1. The molecule has 2 unspecified atom stereocenters. The molecule has 100 valence electrons. The van der Waals surface area contributed by atoms with Gasteiger partial charge in [-0.15, -0.1) is 0 Å². The molecule has 1 amide bonds. The van der Waals surface area contributed by atoms with Crippen LogP contribution in [0.5, 0.6) is 0 Å². The van der Waals surface area contributed by atoms with Crippen LogP contribution in [-0.2, 0) is 9.53 Å². The third-order valence-corrected chi connectivity index (χ3v) is 3.66. The first-order chi connectivity index (χ1) is 8.02. The number of hydrogen-bond acceptors (Lipinski definition) is 3. The van der Waals surface area contributed by atoms with E-state index in [0.29, 0.717) is 6.54 Å². The third kappa shape index (κ3) is 3.96. The smallest absolute Gasteiger partial charge is 0.251 e. The Labute approximate surface area is 104 Å². The minimum Gasteiger partial charge on any atom is -0.361 e. The van der Waals surface area contributed by atoms with E-state index in [1.54, 1.807) is 0 Å². The van der Waals surface area contributed by atoms with Gasteiger partial charge in [0.1, 0.15) is 6.10 Å². The number of carbonyl (C=O) groups is 1. The monoisotopic (exact) mass is 242 g/mol. The molecule has 1 rings (SSSR count). The van der Waals surface area contributed by atoms with Crippen molar-refractivity contribution in [2.45, 2.75) is 58.2 Å². The van der Waals surface area contributed by atoms with Crippen molar-refractivity contribution in [2.75, 3.05) is 19.6 Å². The van der Waals surface area contributed by atoms with Gasteiger partial charge in [-0.2, -0.15) is 0 Å². The first-order valence-corrected chi connectivity index (χ1v) is 6.69. The molecular formula is C13H26N2O2. The van der Waals surface area contributed by atoms with Gasteiger partial charge in [0.25, 0.3) is 5.91 Å². The summed E-state index contributed by atoms with van der Waals surface area (Å²) in [5.74, 6) is 0.109. The molecule has 0 saturated carbocycles. The van der Waals surface area contributed by atoms with Crippen LogP contribution in [0.3, 0.4) is 0 Å². The molecule has 1 heterocycles. The zero-order valence-corrected chi connectivity index (χ0v) is 11.4. The Hall–Kier alpha value is -0.610. The minimum absolute atomic E-state index is 0.109. The molecule has 17 heavy (non-hydrogen) atoms. The molecule has 1 aliphatic heterocycles. The molecule has 4 heteroatoms. The molecule has 1 aliphatic rings. The van der Waals surface area contributed by atoms with E-state index in [0.717, 1.165) is 32.4 Å². The van der Waals surface area contributed by atoms with Crippen molar-refractivity contribution in [3.8, 4) is 0 Å². The number of ether oxygens (including phenoxy) is 1. The molecule has 1 saturated heterocycles. The Morgan fingerprint density at radius 2 is 2.00 bits per heavy atom. The van der Waals surface area contributed by atoms with Gasteiger partial charge in [-0.1, -0.05) is 6.92 Å². The molecule has 0 aromatic heterocycles. The van der Waals surface area contributed by atoms with Crippen molar-refractivity contribution in [1.82, 2.24) is 4.90 Å². The maximum absolute atomic E-state index is 12.2. The van der Waals surface area contributed by atoms with Gasteiger partial charge in [-0.25, -0.2) is 0 Å². The molecule has 2 N–H and O–H groups in total. The standard InChI is InChI=1S/C13H26N2O2/c1-4-13(3,10-14)17-11(2)12(16)15-8-6-5-7-9-15/h11H,4-10,14H2,1-3H3. The van der Waals surface area contributed by atoms with Gasteiger partial charge in [0.15, 0.2) is 0 Å². The highest BCUT2D eigenvalue weighted by molar-refractivity contribution is 5.80. The van der Waals surface area contributed by atoms with E-state index in [9.17, 15) is 4.79 Å². The summed E-state index contributed by atoms with van der Waals surface area (Å²) in [4.78, 5) is 14.1. The summed E-state index contributed by atoms with van der Waals surface area (Å²) in [5, 5.41) is 0. The summed E-state index contributed by atoms with van der Waals surface area (Å²) in [5.41, 5.74) is 5.31. The molecule has 0 aliphatic carbocycles. The lowest BCUT2D eigenvalue weighted by molar-refractivity contribution is -0.154. The Morgan fingerprint density at radius 1 is 1.41 bits per heavy atom. The lowest BCUT2D eigenvalue weighted by Crippen LogP contribution is -2.47. The van der Waals surface area contributed by atoms with Gasteiger partial charge < -0.3 is 15.4 Å². The minimum atomic E-state index is -0.387. The Bertz CT molecular complexity index is 246. The fourth-order valence-electron chi connectivity index (χ4n) is 2.12. The van der Waals surface area contributed by atoms with Gasteiger partial charge in [-0.05, 0) is 39.5 Å². The van der Waals surface area contributed by atoms with Crippen molar-refractivity contribution in [3.05, 3.63) is 0 Å². The lowest BCUT2D eigenvalue weighted by atomic mass is 10.0. The van der Waals surface area contributed by atoms with E-state index >= 15 is 0 Å². The number of carbonyl (C=O) groups excluding carboxylic acids is 1. The van der Waals surface area contributed by atoms with Crippen LogP contribution in [-0.4, -0.2) is 42.1 Å². The van der Waals surface area contributed by atoms with Gasteiger partial charge in [0.05, 0.1) is 5.60 Å². The number of piperidine rings is 1. The first kappa shape index (κ1) is 14.5. The SMILES string of the molecule is CCC(C)(CN)OC(C)C(=O)N1CCCCC1. The van der Waals surface area contributed by atoms with Crippen molar-refractivity contribution in [3.63, 3.8) is 0 Å². The summed E-state index contributed by atoms with van der Waals surface area (Å²) in [6, 6.07) is 0. The highest BCUT2D eigenvalue weighted by Gasteiger charge is 2.29. The van der Waals surface area contributed by atoms with E-state index in [1.807, 2.05) is 25.7 Å². The van der Waals surface area contributed by atoms with Gasteiger partial charge >= 0.3 is 0 Å². The predicted octanol–water partition coefficient (Wildman–Crippen LogP) is 1.53. The van der Waals surface area contributed by atoms with Crippen LogP contribution in [0.15, 0.2) is 0 Å². The van der Waals surface area contributed by atoms with Gasteiger partial charge in [-0.3, -0.25) is 4.79 Å². The third-order valence-electron chi connectivity index (χ3n) is 3.66. The topological polar surface area (TPSA) is 55.6 Å². The zero-order valence-electron chi connectivity index (χ0n) is 11.4.